The quantitative estimate of drug-likeness (QED) is 0.879. The van der Waals surface area contributed by atoms with E-state index >= 15 is 0 Å². The first-order valence-corrected chi connectivity index (χ1v) is 7.81. The number of amides is 1. The molecule has 0 bridgehead atoms. The average molecular weight is 320 g/mol. The summed E-state index contributed by atoms with van der Waals surface area (Å²) in [6, 6.07) is 11.5. The minimum absolute atomic E-state index is 0.0796. The van der Waals surface area contributed by atoms with Gasteiger partial charge in [-0.3, -0.25) is 4.79 Å². The third-order valence-corrected chi connectivity index (χ3v) is 3.94. The summed E-state index contributed by atoms with van der Waals surface area (Å²) >= 11 is 0. The highest BCUT2D eigenvalue weighted by Crippen LogP contribution is 2.39. The third-order valence-electron chi connectivity index (χ3n) is 3.94. The first-order valence-electron chi connectivity index (χ1n) is 7.81. The fourth-order valence-electron chi connectivity index (χ4n) is 2.87. The van der Waals surface area contributed by atoms with Gasteiger partial charge in [-0.25, -0.2) is 4.98 Å². The van der Waals surface area contributed by atoms with Crippen LogP contribution < -0.4 is 15.5 Å². The summed E-state index contributed by atoms with van der Waals surface area (Å²) in [7, 11) is 0. The highest BCUT2D eigenvalue weighted by atomic mass is 16.2. The molecule has 2 N–H and O–H groups in total. The van der Waals surface area contributed by atoms with E-state index in [0.29, 0.717) is 24.5 Å². The van der Waals surface area contributed by atoms with Gasteiger partial charge in [0.2, 0.25) is 0 Å². The Labute approximate surface area is 141 Å². The number of hydrogen-bond acceptors (Lipinski definition) is 4. The molecule has 0 radical (unpaired) electrons. The van der Waals surface area contributed by atoms with E-state index < -0.39 is 0 Å². The zero-order valence-corrected chi connectivity index (χ0v) is 13.6. The average Bonchev–Trinajstić information content (AvgIpc) is 2.68. The van der Waals surface area contributed by atoms with Gasteiger partial charge in [0.25, 0.3) is 5.91 Å². The number of hydrogen-bond donors (Lipinski definition) is 1. The lowest BCUT2D eigenvalue weighted by Crippen LogP contribution is -2.30. The van der Waals surface area contributed by atoms with Gasteiger partial charge >= 0.3 is 0 Å². The molecule has 0 unspecified atom stereocenters. The van der Waals surface area contributed by atoms with Crippen molar-refractivity contribution in [3.05, 3.63) is 72.6 Å². The summed E-state index contributed by atoms with van der Waals surface area (Å²) in [6.07, 6.45) is 5.08. The van der Waals surface area contributed by atoms with Gasteiger partial charge in [0, 0.05) is 18.8 Å². The number of fused-ring (bicyclic) bond motifs is 2. The molecule has 0 spiro atoms. The molecular weight excluding hydrogens is 300 g/mol. The number of aromatic nitrogens is 1. The van der Waals surface area contributed by atoms with Gasteiger partial charge in [-0.05, 0) is 43.5 Å². The summed E-state index contributed by atoms with van der Waals surface area (Å²) in [5.74, 6) is 0.571. The molecule has 1 aromatic heterocycles. The van der Waals surface area contributed by atoms with Crippen molar-refractivity contribution in [3.8, 4) is 0 Å². The fourth-order valence-corrected chi connectivity index (χ4v) is 2.87. The van der Waals surface area contributed by atoms with E-state index in [9.17, 15) is 4.79 Å². The number of aryl methyl sites for hydroxylation is 1. The van der Waals surface area contributed by atoms with E-state index in [1.807, 2.05) is 54.3 Å². The van der Waals surface area contributed by atoms with Crippen LogP contribution in [0.1, 0.15) is 16.1 Å². The molecule has 5 nitrogen and oxygen atoms in total. The summed E-state index contributed by atoms with van der Waals surface area (Å²) in [4.78, 5) is 21.5. The maximum Gasteiger partial charge on any atom is 0.262 e. The molecule has 1 aliphatic heterocycles. The van der Waals surface area contributed by atoms with Crippen LogP contribution in [-0.4, -0.2) is 24.0 Å². The first kappa shape index (κ1) is 15.8. The van der Waals surface area contributed by atoms with Crippen molar-refractivity contribution < 1.29 is 4.79 Å². The largest absolute Gasteiger partial charge is 0.405 e. The Balaban J connectivity index is 2.28. The van der Waals surface area contributed by atoms with Crippen LogP contribution in [0.5, 0.6) is 0 Å². The molecule has 1 aromatic carbocycles. The van der Waals surface area contributed by atoms with Crippen LogP contribution in [0.4, 0.5) is 17.2 Å². The van der Waals surface area contributed by atoms with E-state index in [4.69, 9.17) is 5.73 Å². The summed E-state index contributed by atoms with van der Waals surface area (Å²) in [6.45, 7) is 6.67. The molecule has 2 heterocycles. The maximum absolute atomic E-state index is 13.1. The van der Waals surface area contributed by atoms with Gasteiger partial charge in [-0.1, -0.05) is 18.2 Å². The molecule has 24 heavy (non-hydrogen) atoms. The third kappa shape index (κ3) is 2.65. The molecular formula is C19H20N4O. The zero-order chi connectivity index (χ0) is 17.1. The molecule has 0 fully saturated rings. The SMILES string of the molecule is C=CCN1C(=O)c2ccc(C)nc2N(CC=CN)c2ccccc21. The second-order valence-corrected chi connectivity index (χ2v) is 5.56. The van der Waals surface area contributed by atoms with E-state index in [0.717, 1.165) is 17.1 Å². The van der Waals surface area contributed by atoms with E-state index in [1.54, 1.807) is 11.0 Å². The second kappa shape index (κ2) is 6.58. The monoisotopic (exact) mass is 320 g/mol. The summed E-state index contributed by atoms with van der Waals surface area (Å²) in [5, 5.41) is 0. The van der Waals surface area contributed by atoms with Gasteiger partial charge in [0.15, 0.2) is 0 Å². The Morgan fingerprint density at radius 1 is 1.12 bits per heavy atom. The highest BCUT2D eigenvalue weighted by Gasteiger charge is 2.30. The van der Waals surface area contributed by atoms with Crippen LogP contribution in [0.2, 0.25) is 0 Å². The van der Waals surface area contributed by atoms with Gasteiger partial charge in [0.05, 0.1) is 16.9 Å². The molecule has 2 aromatic rings. The van der Waals surface area contributed by atoms with Crippen LogP contribution >= 0.6 is 0 Å². The Hall–Kier alpha value is -3.08. The topological polar surface area (TPSA) is 62.5 Å². The lowest BCUT2D eigenvalue weighted by Gasteiger charge is -2.25. The Kier molecular flexibility index (Phi) is 4.33. The maximum atomic E-state index is 13.1. The normalized spacial score (nSPS) is 13.6. The van der Waals surface area contributed by atoms with Gasteiger partial charge in [-0.2, -0.15) is 0 Å². The summed E-state index contributed by atoms with van der Waals surface area (Å²) in [5.41, 5.74) is 8.73. The van der Waals surface area contributed by atoms with Crippen molar-refractivity contribution in [2.75, 3.05) is 22.9 Å². The molecule has 0 saturated carbocycles. The fraction of sp³-hybridized carbons (Fsp3) is 0.158. The number of anilines is 3. The standard InChI is InChI=1S/C19H20N4O/c1-3-12-23-17-8-5-4-7-16(17)22(13-6-11-20)18-15(19(23)24)10-9-14(2)21-18/h3-11H,1,12-13,20H2,2H3. The smallest absolute Gasteiger partial charge is 0.262 e. The number of para-hydroxylation sites is 2. The Morgan fingerprint density at radius 3 is 2.50 bits per heavy atom. The number of benzene rings is 1. The molecule has 122 valence electrons. The van der Waals surface area contributed by atoms with E-state index in [1.165, 1.54) is 6.20 Å². The number of pyridine rings is 1. The van der Waals surface area contributed by atoms with Crippen molar-refractivity contribution in [1.29, 1.82) is 0 Å². The number of carbonyl (C=O) groups excluding carboxylic acids is 1. The van der Waals surface area contributed by atoms with Gasteiger partial charge in [-0.15, -0.1) is 6.58 Å². The van der Waals surface area contributed by atoms with Crippen molar-refractivity contribution in [2.45, 2.75) is 6.92 Å². The van der Waals surface area contributed by atoms with Crippen LogP contribution in [0.25, 0.3) is 0 Å². The molecule has 0 aliphatic carbocycles. The predicted octanol–water partition coefficient (Wildman–Crippen LogP) is 3.15. The molecule has 5 heteroatoms. The van der Waals surface area contributed by atoms with Crippen molar-refractivity contribution >= 4 is 23.1 Å². The van der Waals surface area contributed by atoms with E-state index in [-0.39, 0.29) is 5.91 Å². The zero-order valence-electron chi connectivity index (χ0n) is 13.6. The predicted molar refractivity (Wildman–Crippen MR) is 97.6 cm³/mol. The number of carbonyl (C=O) groups is 1. The number of rotatable bonds is 4. The minimum atomic E-state index is -0.0796. The molecule has 3 rings (SSSR count). The molecule has 1 aliphatic rings. The lowest BCUT2D eigenvalue weighted by atomic mass is 10.2. The molecule has 0 saturated heterocycles. The second-order valence-electron chi connectivity index (χ2n) is 5.56. The van der Waals surface area contributed by atoms with E-state index in [2.05, 4.69) is 11.6 Å². The first-order chi connectivity index (χ1) is 11.7. The van der Waals surface area contributed by atoms with Gasteiger partial charge in [0.1, 0.15) is 5.82 Å². The number of nitrogens with zero attached hydrogens (tertiary/aromatic N) is 3. The lowest BCUT2D eigenvalue weighted by molar-refractivity contribution is 0.0991. The van der Waals surface area contributed by atoms with Crippen LogP contribution in [-0.2, 0) is 0 Å². The molecule has 1 amide bonds. The number of nitrogens with two attached hydrogens (primary N) is 1. The summed E-state index contributed by atoms with van der Waals surface area (Å²) < 4.78 is 0. The van der Waals surface area contributed by atoms with Crippen molar-refractivity contribution in [3.63, 3.8) is 0 Å². The van der Waals surface area contributed by atoms with Crippen LogP contribution in [0, 0.1) is 6.92 Å². The highest BCUT2D eigenvalue weighted by molar-refractivity contribution is 6.13. The van der Waals surface area contributed by atoms with Crippen LogP contribution in [0.3, 0.4) is 0 Å². The van der Waals surface area contributed by atoms with Crippen LogP contribution in [0.15, 0.2) is 61.3 Å². The van der Waals surface area contributed by atoms with Gasteiger partial charge < -0.3 is 15.5 Å². The Morgan fingerprint density at radius 2 is 1.83 bits per heavy atom. The molecule has 0 atom stereocenters. The minimum Gasteiger partial charge on any atom is -0.405 e. The van der Waals surface area contributed by atoms with Crippen molar-refractivity contribution in [2.24, 2.45) is 5.73 Å². The van der Waals surface area contributed by atoms with Crippen molar-refractivity contribution in [1.82, 2.24) is 4.98 Å². The Bertz CT molecular complexity index is 813.